The molecule has 0 aromatic carbocycles. The Morgan fingerprint density at radius 2 is 1.73 bits per heavy atom. The maximum absolute atomic E-state index is 2.36. The summed E-state index contributed by atoms with van der Waals surface area (Å²) in [5, 5.41) is 0. The van der Waals surface area contributed by atoms with Crippen LogP contribution in [0.15, 0.2) is 12.2 Å². The number of allylic oxidation sites excluding steroid dienone is 2. The molecule has 0 amide bonds. The van der Waals surface area contributed by atoms with Crippen LogP contribution in [0.2, 0.25) is 0 Å². The Labute approximate surface area is 71.7 Å². The van der Waals surface area contributed by atoms with E-state index in [-0.39, 0.29) is 0 Å². The van der Waals surface area contributed by atoms with Crippen LogP contribution in [0.1, 0.15) is 47.5 Å². The van der Waals surface area contributed by atoms with Crippen LogP contribution in [-0.4, -0.2) is 0 Å². The van der Waals surface area contributed by atoms with E-state index in [1.165, 1.54) is 12.8 Å². The second-order valence-corrected chi connectivity index (χ2v) is 3.98. The first-order valence-electron chi connectivity index (χ1n) is 4.77. The fourth-order valence-electron chi connectivity index (χ4n) is 1.35. The van der Waals surface area contributed by atoms with Crippen molar-refractivity contribution >= 4 is 0 Å². The lowest BCUT2D eigenvalue weighted by Crippen LogP contribution is -2.15. The number of hydrogen-bond acceptors (Lipinski definition) is 0. The standard InChI is InChI=1S/C9H16.C2H6/c1-9(2,3)8-6-4-5-7-8;1-2/h4,6,8H,5,7H2,1-3H3;1-2H3. The summed E-state index contributed by atoms with van der Waals surface area (Å²) in [4.78, 5) is 0. The molecular formula is C11H22. The number of rotatable bonds is 0. The van der Waals surface area contributed by atoms with Gasteiger partial charge in [-0.1, -0.05) is 46.8 Å². The van der Waals surface area contributed by atoms with Crippen molar-refractivity contribution in [2.45, 2.75) is 47.5 Å². The van der Waals surface area contributed by atoms with Crippen LogP contribution in [0.5, 0.6) is 0 Å². The topological polar surface area (TPSA) is 0 Å². The van der Waals surface area contributed by atoms with Gasteiger partial charge in [-0.2, -0.15) is 0 Å². The minimum atomic E-state index is 0.493. The molecule has 0 spiro atoms. The molecule has 1 aliphatic carbocycles. The van der Waals surface area contributed by atoms with Crippen LogP contribution in [0.3, 0.4) is 0 Å². The molecule has 1 atom stereocenters. The molecule has 0 radical (unpaired) electrons. The lowest BCUT2D eigenvalue weighted by atomic mass is 9.81. The van der Waals surface area contributed by atoms with E-state index in [9.17, 15) is 0 Å². The zero-order valence-corrected chi connectivity index (χ0v) is 8.65. The molecule has 0 nitrogen and oxygen atoms in total. The predicted octanol–water partition coefficient (Wildman–Crippen LogP) is 4.02. The van der Waals surface area contributed by atoms with Crippen molar-refractivity contribution in [2.75, 3.05) is 0 Å². The van der Waals surface area contributed by atoms with Gasteiger partial charge in [-0.25, -0.2) is 0 Å². The van der Waals surface area contributed by atoms with Crippen molar-refractivity contribution in [3.8, 4) is 0 Å². The van der Waals surface area contributed by atoms with Gasteiger partial charge in [0.1, 0.15) is 0 Å². The van der Waals surface area contributed by atoms with Gasteiger partial charge in [0, 0.05) is 0 Å². The molecule has 1 unspecified atom stereocenters. The van der Waals surface area contributed by atoms with Crippen molar-refractivity contribution in [3.63, 3.8) is 0 Å². The molecule has 0 heteroatoms. The Morgan fingerprint density at radius 3 is 1.91 bits per heavy atom. The van der Waals surface area contributed by atoms with E-state index in [1.54, 1.807) is 0 Å². The molecule has 0 heterocycles. The van der Waals surface area contributed by atoms with Crippen LogP contribution >= 0.6 is 0 Å². The Hall–Kier alpha value is -0.260. The summed E-state index contributed by atoms with van der Waals surface area (Å²) in [6, 6.07) is 0. The van der Waals surface area contributed by atoms with Gasteiger partial charge < -0.3 is 0 Å². The van der Waals surface area contributed by atoms with E-state index >= 15 is 0 Å². The first-order chi connectivity index (χ1) is 5.11. The molecule has 1 aliphatic rings. The normalized spacial score (nSPS) is 22.8. The van der Waals surface area contributed by atoms with Gasteiger partial charge in [0.25, 0.3) is 0 Å². The largest absolute Gasteiger partial charge is 0.0882 e. The van der Waals surface area contributed by atoms with Crippen LogP contribution < -0.4 is 0 Å². The SMILES string of the molecule is CC.CC(C)(C)C1C=CCC1. The van der Waals surface area contributed by atoms with Gasteiger partial charge in [-0.3, -0.25) is 0 Å². The quantitative estimate of drug-likeness (QED) is 0.462. The average Bonchev–Trinajstić information content (AvgIpc) is 2.40. The first-order valence-corrected chi connectivity index (χ1v) is 4.77. The second kappa shape index (κ2) is 4.58. The Balaban J connectivity index is 0.000000461. The summed E-state index contributed by atoms with van der Waals surface area (Å²) in [6.07, 6.45) is 7.32. The molecular weight excluding hydrogens is 132 g/mol. The smallest absolute Gasteiger partial charge is 0.0182 e. The zero-order valence-electron chi connectivity index (χ0n) is 8.65. The fourth-order valence-corrected chi connectivity index (χ4v) is 1.35. The summed E-state index contributed by atoms with van der Waals surface area (Å²) in [5.41, 5.74) is 0.493. The van der Waals surface area contributed by atoms with E-state index < -0.39 is 0 Å². The van der Waals surface area contributed by atoms with Gasteiger partial charge in [-0.05, 0) is 24.2 Å². The van der Waals surface area contributed by atoms with Crippen molar-refractivity contribution in [3.05, 3.63) is 12.2 Å². The Morgan fingerprint density at radius 1 is 1.18 bits per heavy atom. The highest BCUT2D eigenvalue weighted by Crippen LogP contribution is 2.34. The highest BCUT2D eigenvalue weighted by Gasteiger charge is 2.23. The van der Waals surface area contributed by atoms with Gasteiger partial charge in [0.2, 0.25) is 0 Å². The molecule has 0 saturated carbocycles. The molecule has 0 fully saturated rings. The third-order valence-electron chi connectivity index (χ3n) is 2.13. The van der Waals surface area contributed by atoms with Crippen LogP contribution in [-0.2, 0) is 0 Å². The van der Waals surface area contributed by atoms with E-state index in [0.717, 1.165) is 5.92 Å². The molecule has 0 aromatic rings. The van der Waals surface area contributed by atoms with Gasteiger partial charge in [0.15, 0.2) is 0 Å². The summed E-state index contributed by atoms with van der Waals surface area (Å²) in [5.74, 6) is 0.831. The third kappa shape index (κ3) is 3.60. The summed E-state index contributed by atoms with van der Waals surface area (Å²) < 4.78 is 0. The molecule has 0 aliphatic heterocycles. The summed E-state index contributed by atoms with van der Waals surface area (Å²) in [7, 11) is 0. The molecule has 1 rings (SSSR count). The fraction of sp³-hybridized carbons (Fsp3) is 0.818. The van der Waals surface area contributed by atoms with Crippen molar-refractivity contribution in [1.82, 2.24) is 0 Å². The monoisotopic (exact) mass is 154 g/mol. The van der Waals surface area contributed by atoms with Gasteiger partial charge in [-0.15, -0.1) is 0 Å². The maximum atomic E-state index is 2.36. The predicted molar refractivity (Wildman–Crippen MR) is 52.7 cm³/mol. The van der Waals surface area contributed by atoms with Gasteiger partial charge >= 0.3 is 0 Å². The highest BCUT2D eigenvalue weighted by molar-refractivity contribution is 5.00. The molecule has 11 heavy (non-hydrogen) atoms. The molecule has 0 bridgehead atoms. The summed E-state index contributed by atoms with van der Waals surface area (Å²) >= 11 is 0. The van der Waals surface area contributed by atoms with Crippen molar-refractivity contribution in [1.29, 1.82) is 0 Å². The highest BCUT2D eigenvalue weighted by atomic mass is 14.3. The maximum Gasteiger partial charge on any atom is -0.0182 e. The van der Waals surface area contributed by atoms with Crippen LogP contribution in [0.4, 0.5) is 0 Å². The van der Waals surface area contributed by atoms with Crippen LogP contribution in [0, 0.1) is 11.3 Å². The molecule has 66 valence electrons. The lowest BCUT2D eigenvalue weighted by molar-refractivity contribution is 0.290. The molecule has 0 N–H and O–H groups in total. The van der Waals surface area contributed by atoms with Crippen molar-refractivity contribution in [2.24, 2.45) is 11.3 Å². The van der Waals surface area contributed by atoms with E-state index in [2.05, 4.69) is 32.9 Å². The Bertz CT molecular complexity index is 114. The molecule has 0 aromatic heterocycles. The third-order valence-corrected chi connectivity index (χ3v) is 2.13. The van der Waals surface area contributed by atoms with Gasteiger partial charge in [0.05, 0.1) is 0 Å². The lowest BCUT2D eigenvalue weighted by Gasteiger charge is -2.24. The Kier molecular flexibility index (Phi) is 4.48. The average molecular weight is 154 g/mol. The first kappa shape index (κ1) is 10.7. The minimum absolute atomic E-state index is 0.493. The molecule has 0 saturated heterocycles. The summed E-state index contributed by atoms with van der Waals surface area (Å²) in [6.45, 7) is 10.9. The number of hydrogen-bond donors (Lipinski definition) is 0. The van der Waals surface area contributed by atoms with E-state index in [1.807, 2.05) is 13.8 Å². The van der Waals surface area contributed by atoms with Crippen LogP contribution in [0.25, 0.3) is 0 Å². The van der Waals surface area contributed by atoms with E-state index in [0.29, 0.717) is 5.41 Å². The second-order valence-electron chi connectivity index (χ2n) is 3.98. The van der Waals surface area contributed by atoms with E-state index in [4.69, 9.17) is 0 Å². The minimum Gasteiger partial charge on any atom is -0.0882 e. The van der Waals surface area contributed by atoms with Crippen molar-refractivity contribution < 1.29 is 0 Å². The zero-order chi connectivity index (χ0) is 8.91.